The van der Waals surface area contributed by atoms with Gasteiger partial charge in [-0.25, -0.2) is 4.79 Å². The van der Waals surface area contributed by atoms with Gasteiger partial charge in [-0.05, 0) is 102 Å². The summed E-state index contributed by atoms with van der Waals surface area (Å²) in [4.78, 5) is 44.9. The zero-order valence-electron chi connectivity index (χ0n) is 32.6. The van der Waals surface area contributed by atoms with E-state index in [4.69, 9.17) is 4.74 Å². The number of rotatable bonds is 29. The maximum atomic E-state index is 12.8. The summed E-state index contributed by atoms with van der Waals surface area (Å²) in [7, 11) is 0. The van der Waals surface area contributed by atoms with Crippen molar-refractivity contribution < 1.29 is 29.3 Å². The number of aliphatic hydroxyl groups excluding tert-OH is 2. The van der Waals surface area contributed by atoms with Crippen LogP contribution in [0.4, 0.5) is 0 Å². The number of esters is 1. The molecule has 1 aliphatic heterocycles. The van der Waals surface area contributed by atoms with Crippen molar-refractivity contribution >= 4 is 23.9 Å². The Morgan fingerprint density at radius 1 is 0.833 bits per heavy atom. The highest BCUT2D eigenvalue weighted by Crippen LogP contribution is 2.10. The Hall–Kier alpha value is -4.12. The van der Waals surface area contributed by atoms with Crippen LogP contribution in [0, 0.1) is 0 Å². The van der Waals surface area contributed by atoms with Gasteiger partial charge in [0.2, 0.25) is 11.8 Å². The number of hydrogen-bond acceptors (Lipinski definition) is 8. The number of nitrogens with zero attached hydrogens (tertiary/aromatic N) is 2. The van der Waals surface area contributed by atoms with Crippen LogP contribution in [0.15, 0.2) is 85.2 Å². The van der Waals surface area contributed by atoms with Gasteiger partial charge in [-0.2, -0.15) is 0 Å². The topological polar surface area (TPSA) is 141 Å². The van der Waals surface area contributed by atoms with E-state index in [1.165, 1.54) is 25.9 Å². The van der Waals surface area contributed by atoms with E-state index < -0.39 is 31.3 Å². The maximum Gasteiger partial charge on any atom is 0.329 e. The molecule has 2 amide bonds. The highest BCUT2D eigenvalue weighted by molar-refractivity contribution is 5.84. The first-order valence-electron chi connectivity index (χ1n) is 20.0. The molecular weight excluding hydrogens is 681 g/mol. The number of unbranched alkanes of at least 4 members (excludes halogenated alkanes) is 2. The second-order valence-electron chi connectivity index (χ2n) is 13.5. The summed E-state index contributed by atoms with van der Waals surface area (Å²) in [5, 5.41) is 24.4. The smallest absolute Gasteiger partial charge is 0.329 e. The van der Waals surface area contributed by atoms with Crippen LogP contribution in [0.25, 0.3) is 6.08 Å². The fourth-order valence-corrected chi connectivity index (χ4v) is 5.68. The standard InChI is InChI=1S/C44H66N4O6/c1-2-3-4-5-6-7-8-9-10-11-12-13-14-15-16-17-18-26-43(52)47-41(44(53)54-40(36-49)37-50)25-19-20-31-45-42(51)27-23-24-38-28-29-39(46-35-38)30-34-48-32-21-22-33-48/h3-4,6-7,9-10,12-13,15-16,23-24,28-29,35,40-41,49-50H,2,5,8,11,14,17-22,25-27,30-34,36-37H2,1H3,(H,45,51)(H,47,52)/b4-3-,7-6-,10-9-,13-12-,16-15-,24-23+/t41-/m0/s1. The average molecular weight is 747 g/mol. The summed E-state index contributed by atoms with van der Waals surface area (Å²) in [6.07, 6.45) is 37.5. The number of aromatic nitrogens is 1. The lowest BCUT2D eigenvalue weighted by Gasteiger charge is -2.20. The Kier molecular flexibility index (Phi) is 26.6. The monoisotopic (exact) mass is 746 g/mol. The fourth-order valence-electron chi connectivity index (χ4n) is 5.68. The van der Waals surface area contributed by atoms with E-state index in [0.717, 1.165) is 62.7 Å². The lowest BCUT2D eigenvalue weighted by Crippen LogP contribution is -2.44. The van der Waals surface area contributed by atoms with E-state index in [-0.39, 0.29) is 24.7 Å². The molecule has 0 saturated carbocycles. The summed E-state index contributed by atoms with van der Waals surface area (Å²) in [5.41, 5.74) is 2.03. The van der Waals surface area contributed by atoms with Crippen molar-refractivity contribution in [2.45, 2.75) is 115 Å². The van der Waals surface area contributed by atoms with Crippen molar-refractivity contribution in [3.63, 3.8) is 0 Å². The van der Waals surface area contributed by atoms with Crippen LogP contribution in [0.5, 0.6) is 0 Å². The van der Waals surface area contributed by atoms with Gasteiger partial charge in [0.05, 0.1) is 13.2 Å². The number of carbonyl (C=O) groups excluding carboxylic acids is 3. The van der Waals surface area contributed by atoms with Crippen molar-refractivity contribution in [3.05, 3.63) is 96.4 Å². The number of carbonyl (C=O) groups is 3. The SMILES string of the molecule is CC/C=C\C/C=C\C/C=C\C/C=C\C/C=C\CCCC(=O)N[C@@H](CCCCNC(=O)C/C=C/c1ccc(CCN2CCCC2)nc1)C(=O)OC(CO)CO. The van der Waals surface area contributed by atoms with Crippen LogP contribution in [0.1, 0.15) is 108 Å². The number of aliphatic hydroxyl groups is 2. The van der Waals surface area contributed by atoms with Crippen molar-refractivity contribution in [1.29, 1.82) is 0 Å². The number of hydrogen-bond donors (Lipinski definition) is 4. The van der Waals surface area contributed by atoms with Gasteiger partial charge in [-0.1, -0.05) is 85.9 Å². The van der Waals surface area contributed by atoms with Gasteiger partial charge < -0.3 is 30.5 Å². The third-order valence-electron chi connectivity index (χ3n) is 8.83. The lowest BCUT2D eigenvalue weighted by atomic mass is 10.1. The first-order valence-corrected chi connectivity index (χ1v) is 20.0. The van der Waals surface area contributed by atoms with E-state index in [9.17, 15) is 24.6 Å². The third kappa shape index (κ3) is 23.5. The molecule has 1 atom stereocenters. The minimum Gasteiger partial charge on any atom is -0.456 e. The van der Waals surface area contributed by atoms with Crippen molar-refractivity contribution in [3.8, 4) is 0 Å². The molecule has 1 aromatic rings. The molecule has 0 unspecified atom stereocenters. The molecule has 1 aromatic heterocycles. The second-order valence-corrected chi connectivity index (χ2v) is 13.5. The van der Waals surface area contributed by atoms with Gasteiger partial charge in [0, 0.05) is 44.2 Å². The first-order chi connectivity index (χ1) is 26.4. The molecule has 2 heterocycles. The predicted octanol–water partition coefficient (Wildman–Crippen LogP) is 6.71. The van der Waals surface area contributed by atoms with E-state index in [1.807, 2.05) is 30.5 Å². The van der Waals surface area contributed by atoms with Crippen LogP contribution in [0.2, 0.25) is 0 Å². The first kappa shape index (κ1) is 46.0. The van der Waals surface area contributed by atoms with Crippen molar-refractivity contribution in [2.75, 3.05) is 39.4 Å². The Bertz CT molecular complexity index is 1340. The van der Waals surface area contributed by atoms with Gasteiger partial charge in [-0.3, -0.25) is 14.6 Å². The number of nitrogens with one attached hydrogen (secondary N) is 2. The Labute approximate surface area is 324 Å². The highest BCUT2D eigenvalue weighted by atomic mass is 16.6. The summed E-state index contributed by atoms with van der Waals surface area (Å²) in [5.74, 6) is -1.06. The van der Waals surface area contributed by atoms with E-state index in [1.54, 1.807) is 0 Å². The minimum atomic E-state index is -1.05. The molecule has 1 aliphatic rings. The zero-order chi connectivity index (χ0) is 38.9. The molecule has 10 nitrogen and oxygen atoms in total. The van der Waals surface area contributed by atoms with Gasteiger partial charge in [0.25, 0.3) is 0 Å². The Morgan fingerprint density at radius 2 is 1.48 bits per heavy atom. The maximum absolute atomic E-state index is 12.8. The largest absolute Gasteiger partial charge is 0.456 e. The van der Waals surface area contributed by atoms with E-state index >= 15 is 0 Å². The summed E-state index contributed by atoms with van der Waals surface area (Å²) < 4.78 is 5.20. The number of allylic oxidation sites excluding steroid dienone is 10. The summed E-state index contributed by atoms with van der Waals surface area (Å²) in [6, 6.07) is 3.16. The fraction of sp³-hybridized carbons (Fsp3) is 0.545. The van der Waals surface area contributed by atoms with E-state index in [2.05, 4.69) is 88.2 Å². The Balaban J connectivity index is 1.63. The summed E-state index contributed by atoms with van der Waals surface area (Å²) in [6.45, 7) is 4.94. The molecule has 0 aliphatic carbocycles. The minimum absolute atomic E-state index is 0.105. The number of ether oxygens (including phenoxy) is 1. The van der Waals surface area contributed by atoms with Gasteiger partial charge in [0.1, 0.15) is 12.1 Å². The molecule has 0 bridgehead atoms. The van der Waals surface area contributed by atoms with Crippen molar-refractivity contribution in [2.24, 2.45) is 0 Å². The predicted molar refractivity (Wildman–Crippen MR) is 218 cm³/mol. The lowest BCUT2D eigenvalue weighted by molar-refractivity contribution is -0.157. The van der Waals surface area contributed by atoms with Crippen LogP contribution < -0.4 is 10.6 Å². The molecule has 298 valence electrons. The van der Waals surface area contributed by atoms with Crippen LogP contribution in [-0.4, -0.2) is 89.4 Å². The zero-order valence-corrected chi connectivity index (χ0v) is 32.6. The molecule has 0 spiro atoms. The molecule has 1 fully saturated rings. The molecule has 54 heavy (non-hydrogen) atoms. The van der Waals surface area contributed by atoms with Crippen LogP contribution in [0.3, 0.4) is 0 Å². The van der Waals surface area contributed by atoms with Crippen LogP contribution in [-0.2, 0) is 25.5 Å². The molecule has 1 saturated heterocycles. The summed E-state index contributed by atoms with van der Waals surface area (Å²) >= 11 is 0. The van der Waals surface area contributed by atoms with Gasteiger partial charge in [0.15, 0.2) is 0 Å². The highest BCUT2D eigenvalue weighted by Gasteiger charge is 2.24. The van der Waals surface area contributed by atoms with Gasteiger partial charge >= 0.3 is 5.97 Å². The molecular formula is C44H66N4O6. The molecule has 2 rings (SSSR count). The third-order valence-corrected chi connectivity index (χ3v) is 8.83. The molecule has 0 radical (unpaired) electrons. The normalized spacial score (nSPS) is 14.6. The van der Waals surface area contributed by atoms with Gasteiger partial charge in [-0.15, -0.1) is 0 Å². The molecule has 0 aromatic carbocycles. The Morgan fingerprint density at radius 3 is 2.09 bits per heavy atom. The molecule has 4 N–H and O–H groups in total. The van der Waals surface area contributed by atoms with Crippen molar-refractivity contribution in [1.82, 2.24) is 20.5 Å². The number of pyridine rings is 1. The molecule has 10 heteroatoms. The quantitative estimate of drug-likeness (QED) is 0.0403. The number of amides is 2. The van der Waals surface area contributed by atoms with Crippen LogP contribution >= 0.6 is 0 Å². The average Bonchev–Trinajstić information content (AvgIpc) is 3.71. The second kappa shape index (κ2) is 31.3. The van der Waals surface area contributed by atoms with E-state index in [0.29, 0.717) is 32.2 Å². The number of likely N-dealkylation sites (tertiary alicyclic amines) is 1.